The predicted octanol–water partition coefficient (Wildman–Crippen LogP) is 4.04. The zero-order valence-electron chi connectivity index (χ0n) is 11.1. The summed E-state index contributed by atoms with van der Waals surface area (Å²) in [6.07, 6.45) is 4.84. The smallest absolute Gasteiger partial charge is 0.254 e. The van der Waals surface area contributed by atoms with Crippen molar-refractivity contribution in [3.05, 3.63) is 34.6 Å². The second-order valence-corrected chi connectivity index (χ2v) is 5.79. The monoisotopic (exact) mass is 283 g/mol. The van der Waals surface area contributed by atoms with Gasteiger partial charge in [0, 0.05) is 11.6 Å². The number of rotatable bonds is 3. The van der Waals surface area contributed by atoms with Crippen LogP contribution in [0.25, 0.3) is 0 Å². The normalized spacial score (nSPS) is 23.1. The highest BCUT2D eigenvalue weighted by Crippen LogP contribution is 2.29. The van der Waals surface area contributed by atoms with Gasteiger partial charge in [0.25, 0.3) is 5.91 Å². The third kappa shape index (κ3) is 3.69. The van der Waals surface area contributed by atoms with Crippen LogP contribution in [0.3, 0.4) is 0 Å². The topological polar surface area (TPSA) is 29.1 Å². The molecule has 2 rings (SSSR count). The fraction of sp³-hybridized carbons (Fsp3) is 0.533. The van der Waals surface area contributed by atoms with Crippen LogP contribution in [0.4, 0.5) is 4.39 Å². The Balaban J connectivity index is 1.95. The molecule has 2 nitrogen and oxygen atoms in total. The molecule has 1 aromatic rings. The molecule has 1 fully saturated rings. The summed E-state index contributed by atoms with van der Waals surface area (Å²) in [5, 5.41) is 3.20. The van der Waals surface area contributed by atoms with Crippen molar-refractivity contribution in [3.8, 4) is 0 Å². The van der Waals surface area contributed by atoms with Crippen LogP contribution in [0.1, 0.15) is 43.0 Å². The third-order valence-corrected chi connectivity index (χ3v) is 4.22. The zero-order chi connectivity index (χ0) is 13.8. The predicted molar refractivity (Wildman–Crippen MR) is 74.9 cm³/mol. The minimum absolute atomic E-state index is 0.0240. The number of carbonyl (C=O) groups is 1. The Kier molecular flexibility index (Phi) is 4.81. The first-order valence-corrected chi connectivity index (χ1v) is 7.19. The van der Waals surface area contributed by atoms with E-state index in [-0.39, 0.29) is 11.5 Å². The molecule has 1 N–H and O–H groups in total. The number of hydrogen-bond donors (Lipinski definition) is 1. The number of nitrogens with one attached hydrogen (secondary N) is 1. The van der Waals surface area contributed by atoms with Crippen molar-refractivity contribution in [3.63, 3.8) is 0 Å². The largest absolute Gasteiger partial charge is 0.352 e. The van der Waals surface area contributed by atoms with Crippen LogP contribution >= 0.6 is 11.6 Å². The van der Waals surface area contributed by atoms with E-state index in [1.807, 2.05) is 0 Å². The van der Waals surface area contributed by atoms with Gasteiger partial charge in [0.2, 0.25) is 0 Å². The van der Waals surface area contributed by atoms with Crippen molar-refractivity contribution in [2.24, 2.45) is 11.8 Å². The van der Waals surface area contributed by atoms with E-state index < -0.39 is 5.82 Å². The lowest BCUT2D eigenvalue weighted by atomic mass is 9.80. The van der Waals surface area contributed by atoms with Gasteiger partial charge in [-0.3, -0.25) is 4.79 Å². The van der Waals surface area contributed by atoms with E-state index in [1.165, 1.54) is 37.5 Å². The van der Waals surface area contributed by atoms with Gasteiger partial charge < -0.3 is 5.32 Å². The Morgan fingerprint density at radius 3 is 2.89 bits per heavy atom. The SMILES string of the molecule is CC1CCCCC1CNC(=O)c1cc(Cl)ccc1F. The molecular weight excluding hydrogens is 265 g/mol. The van der Waals surface area contributed by atoms with Crippen molar-refractivity contribution in [2.45, 2.75) is 32.6 Å². The molecule has 104 valence electrons. The van der Waals surface area contributed by atoms with E-state index in [2.05, 4.69) is 12.2 Å². The van der Waals surface area contributed by atoms with E-state index in [0.29, 0.717) is 23.4 Å². The van der Waals surface area contributed by atoms with Crippen molar-refractivity contribution in [1.82, 2.24) is 5.32 Å². The molecule has 0 saturated heterocycles. The van der Waals surface area contributed by atoms with Crippen LogP contribution < -0.4 is 5.32 Å². The number of halogens is 2. The van der Waals surface area contributed by atoms with Gasteiger partial charge in [-0.15, -0.1) is 0 Å². The highest BCUT2D eigenvalue weighted by atomic mass is 35.5. The maximum absolute atomic E-state index is 13.5. The summed E-state index contributed by atoms with van der Waals surface area (Å²) in [6, 6.07) is 4.04. The summed E-state index contributed by atoms with van der Waals surface area (Å²) < 4.78 is 13.5. The highest BCUT2D eigenvalue weighted by molar-refractivity contribution is 6.30. The summed E-state index contributed by atoms with van der Waals surface area (Å²) in [6.45, 7) is 2.84. The van der Waals surface area contributed by atoms with Crippen LogP contribution in [-0.4, -0.2) is 12.5 Å². The Labute approximate surface area is 118 Å². The first-order valence-electron chi connectivity index (χ1n) is 6.81. The summed E-state index contributed by atoms with van der Waals surface area (Å²) in [7, 11) is 0. The first-order chi connectivity index (χ1) is 9.08. The Morgan fingerprint density at radius 1 is 1.42 bits per heavy atom. The standard InChI is InChI=1S/C15H19ClFNO/c1-10-4-2-3-5-11(10)9-18-15(19)13-8-12(16)6-7-14(13)17/h6-8,10-11H,2-5,9H2,1H3,(H,18,19). The lowest BCUT2D eigenvalue weighted by molar-refractivity contribution is 0.0932. The molecule has 0 aromatic heterocycles. The molecule has 1 aliphatic rings. The second-order valence-electron chi connectivity index (χ2n) is 5.36. The van der Waals surface area contributed by atoms with Crippen molar-refractivity contribution in [2.75, 3.05) is 6.54 Å². The quantitative estimate of drug-likeness (QED) is 0.891. The van der Waals surface area contributed by atoms with Gasteiger partial charge in [-0.05, 0) is 36.5 Å². The second kappa shape index (κ2) is 6.38. The minimum atomic E-state index is -0.529. The number of amides is 1. The van der Waals surface area contributed by atoms with Crippen molar-refractivity contribution < 1.29 is 9.18 Å². The number of benzene rings is 1. The van der Waals surface area contributed by atoms with Crippen LogP contribution in [-0.2, 0) is 0 Å². The summed E-state index contributed by atoms with van der Waals surface area (Å²) in [5.41, 5.74) is 0.0240. The number of hydrogen-bond acceptors (Lipinski definition) is 1. The van der Waals surface area contributed by atoms with Gasteiger partial charge in [0.05, 0.1) is 5.56 Å². The van der Waals surface area contributed by atoms with Gasteiger partial charge in [-0.1, -0.05) is 37.8 Å². The summed E-state index contributed by atoms with van der Waals surface area (Å²) in [5.74, 6) is 0.217. The average molecular weight is 284 g/mol. The average Bonchev–Trinajstić information content (AvgIpc) is 2.40. The van der Waals surface area contributed by atoms with Gasteiger partial charge in [0.15, 0.2) is 0 Å². The van der Waals surface area contributed by atoms with Crippen LogP contribution in [0, 0.1) is 17.7 Å². The van der Waals surface area contributed by atoms with Crippen LogP contribution in [0.5, 0.6) is 0 Å². The Bertz CT molecular complexity index is 463. The lowest BCUT2D eigenvalue weighted by Crippen LogP contribution is -2.33. The fourth-order valence-electron chi connectivity index (χ4n) is 2.69. The minimum Gasteiger partial charge on any atom is -0.352 e. The summed E-state index contributed by atoms with van der Waals surface area (Å²) >= 11 is 5.79. The maximum atomic E-state index is 13.5. The molecule has 1 aliphatic carbocycles. The molecule has 0 spiro atoms. The molecule has 2 atom stereocenters. The molecule has 1 amide bonds. The Hall–Kier alpha value is -1.09. The fourth-order valence-corrected chi connectivity index (χ4v) is 2.86. The van der Waals surface area contributed by atoms with E-state index >= 15 is 0 Å². The third-order valence-electron chi connectivity index (χ3n) is 3.99. The van der Waals surface area contributed by atoms with Crippen LogP contribution in [0.2, 0.25) is 5.02 Å². The molecule has 0 radical (unpaired) electrons. The molecule has 1 aromatic carbocycles. The summed E-state index contributed by atoms with van der Waals surface area (Å²) in [4.78, 5) is 12.0. The van der Waals surface area contributed by atoms with E-state index in [1.54, 1.807) is 0 Å². The number of carbonyl (C=O) groups excluding carboxylic acids is 1. The molecule has 0 bridgehead atoms. The van der Waals surface area contributed by atoms with E-state index in [9.17, 15) is 9.18 Å². The maximum Gasteiger partial charge on any atom is 0.254 e. The molecule has 4 heteroatoms. The van der Waals surface area contributed by atoms with Gasteiger partial charge in [0.1, 0.15) is 5.82 Å². The molecule has 1 saturated carbocycles. The van der Waals surface area contributed by atoms with E-state index in [0.717, 1.165) is 6.42 Å². The highest BCUT2D eigenvalue weighted by Gasteiger charge is 2.22. The lowest BCUT2D eigenvalue weighted by Gasteiger charge is -2.28. The van der Waals surface area contributed by atoms with Gasteiger partial charge in [-0.25, -0.2) is 4.39 Å². The molecule has 0 aliphatic heterocycles. The van der Waals surface area contributed by atoms with Gasteiger partial charge >= 0.3 is 0 Å². The molecular formula is C15H19ClFNO. The molecule has 0 heterocycles. The first kappa shape index (κ1) is 14.3. The van der Waals surface area contributed by atoms with Crippen LogP contribution in [0.15, 0.2) is 18.2 Å². The Morgan fingerprint density at radius 2 is 2.16 bits per heavy atom. The van der Waals surface area contributed by atoms with Crippen molar-refractivity contribution in [1.29, 1.82) is 0 Å². The molecule has 19 heavy (non-hydrogen) atoms. The molecule has 2 unspecified atom stereocenters. The van der Waals surface area contributed by atoms with Crippen molar-refractivity contribution >= 4 is 17.5 Å². The van der Waals surface area contributed by atoms with Gasteiger partial charge in [-0.2, -0.15) is 0 Å². The zero-order valence-corrected chi connectivity index (χ0v) is 11.8. The van der Waals surface area contributed by atoms with E-state index in [4.69, 9.17) is 11.6 Å².